The van der Waals surface area contributed by atoms with Crippen molar-refractivity contribution in [1.82, 2.24) is 10.2 Å². The molecule has 0 atom stereocenters. The molecule has 1 aliphatic carbocycles. The molecule has 0 heterocycles. The summed E-state index contributed by atoms with van der Waals surface area (Å²) in [5.41, 5.74) is 0.233. The van der Waals surface area contributed by atoms with Crippen molar-refractivity contribution in [2.45, 2.75) is 45.2 Å². The average Bonchev–Trinajstić information content (AvgIpc) is 2.92. The normalized spacial score (nSPS) is 17.4. The molecule has 0 bridgehead atoms. The van der Waals surface area contributed by atoms with E-state index in [1.807, 2.05) is 0 Å². The van der Waals surface area contributed by atoms with Gasteiger partial charge in [0.2, 0.25) is 0 Å². The summed E-state index contributed by atoms with van der Waals surface area (Å²) in [6.45, 7) is 10.8. The fourth-order valence-corrected chi connectivity index (χ4v) is 1.70. The third-order valence-corrected chi connectivity index (χ3v) is 2.70. The second kappa shape index (κ2) is 5.83. The van der Waals surface area contributed by atoms with Crippen LogP contribution in [0.3, 0.4) is 0 Å². The molecule has 1 saturated carbocycles. The van der Waals surface area contributed by atoms with Gasteiger partial charge in [-0.05, 0) is 33.6 Å². The lowest BCUT2D eigenvalue weighted by atomic mass is 10.1. The minimum atomic E-state index is 0.233. The monoisotopic (exact) mass is 214 g/mol. The summed E-state index contributed by atoms with van der Waals surface area (Å²) in [5, 5.41) is 3.53. The van der Waals surface area contributed by atoms with E-state index < -0.39 is 0 Å². The third-order valence-electron chi connectivity index (χ3n) is 2.70. The molecule has 1 N–H and O–H groups in total. The van der Waals surface area contributed by atoms with Crippen LogP contribution in [0.4, 0.5) is 0 Å². The molecular weight excluding hydrogens is 188 g/mol. The van der Waals surface area contributed by atoms with E-state index in [4.69, 9.17) is 4.74 Å². The van der Waals surface area contributed by atoms with Crippen molar-refractivity contribution in [2.24, 2.45) is 0 Å². The predicted octanol–water partition coefficient (Wildman–Crippen LogP) is 1.49. The van der Waals surface area contributed by atoms with Crippen LogP contribution in [0.15, 0.2) is 0 Å². The molecule has 0 saturated heterocycles. The van der Waals surface area contributed by atoms with Crippen molar-refractivity contribution in [1.29, 1.82) is 0 Å². The maximum atomic E-state index is 5.14. The van der Waals surface area contributed by atoms with Gasteiger partial charge in [0.05, 0.1) is 6.61 Å². The second-order valence-electron chi connectivity index (χ2n) is 5.44. The van der Waals surface area contributed by atoms with Gasteiger partial charge < -0.3 is 10.1 Å². The molecule has 1 aliphatic rings. The van der Waals surface area contributed by atoms with E-state index in [0.717, 1.165) is 32.3 Å². The van der Waals surface area contributed by atoms with Crippen LogP contribution in [0.5, 0.6) is 0 Å². The van der Waals surface area contributed by atoms with Crippen LogP contribution in [0.2, 0.25) is 0 Å². The van der Waals surface area contributed by atoms with Gasteiger partial charge in [-0.3, -0.25) is 4.90 Å². The minimum Gasteiger partial charge on any atom is -0.383 e. The van der Waals surface area contributed by atoms with Gasteiger partial charge in [-0.2, -0.15) is 0 Å². The highest BCUT2D eigenvalue weighted by molar-refractivity contribution is 4.85. The quantitative estimate of drug-likeness (QED) is 0.695. The highest BCUT2D eigenvalue weighted by Crippen LogP contribution is 2.26. The first kappa shape index (κ1) is 12.9. The SMILES string of the molecule is COCCN(CCNC(C)(C)C)C1CC1. The average molecular weight is 214 g/mol. The minimum absolute atomic E-state index is 0.233. The lowest BCUT2D eigenvalue weighted by Crippen LogP contribution is -2.42. The van der Waals surface area contributed by atoms with Crippen LogP contribution in [0, 0.1) is 0 Å². The van der Waals surface area contributed by atoms with Gasteiger partial charge in [-0.1, -0.05) is 0 Å². The number of nitrogens with zero attached hydrogens (tertiary/aromatic N) is 1. The summed E-state index contributed by atoms with van der Waals surface area (Å²) in [7, 11) is 1.78. The molecule has 1 fully saturated rings. The second-order valence-corrected chi connectivity index (χ2v) is 5.44. The van der Waals surface area contributed by atoms with E-state index >= 15 is 0 Å². The number of hydrogen-bond acceptors (Lipinski definition) is 3. The number of rotatable bonds is 7. The largest absolute Gasteiger partial charge is 0.383 e. The van der Waals surface area contributed by atoms with Gasteiger partial charge in [0.25, 0.3) is 0 Å². The Hall–Kier alpha value is -0.120. The van der Waals surface area contributed by atoms with Crippen LogP contribution < -0.4 is 5.32 Å². The van der Waals surface area contributed by atoms with Gasteiger partial charge in [-0.15, -0.1) is 0 Å². The van der Waals surface area contributed by atoms with Crippen LogP contribution in [-0.4, -0.2) is 49.8 Å². The Labute approximate surface area is 94.2 Å². The maximum Gasteiger partial charge on any atom is 0.0589 e. The van der Waals surface area contributed by atoms with Crippen molar-refractivity contribution in [2.75, 3.05) is 33.4 Å². The molecule has 0 aromatic carbocycles. The molecule has 0 aromatic rings. The number of ether oxygens (including phenoxy) is 1. The van der Waals surface area contributed by atoms with E-state index in [0.29, 0.717) is 0 Å². The lowest BCUT2D eigenvalue weighted by Gasteiger charge is -2.25. The molecule has 0 radical (unpaired) electrons. The number of hydrogen-bond donors (Lipinski definition) is 1. The van der Waals surface area contributed by atoms with Gasteiger partial charge >= 0.3 is 0 Å². The molecule has 3 heteroatoms. The Morgan fingerprint density at radius 2 is 1.93 bits per heavy atom. The molecule has 0 aromatic heterocycles. The van der Waals surface area contributed by atoms with Gasteiger partial charge in [0.15, 0.2) is 0 Å². The van der Waals surface area contributed by atoms with Crippen LogP contribution in [0.1, 0.15) is 33.6 Å². The Morgan fingerprint density at radius 1 is 1.27 bits per heavy atom. The predicted molar refractivity (Wildman–Crippen MR) is 64.2 cm³/mol. The van der Waals surface area contributed by atoms with Crippen LogP contribution in [0.25, 0.3) is 0 Å². The van der Waals surface area contributed by atoms with Gasteiger partial charge in [0, 0.05) is 38.3 Å². The number of nitrogens with one attached hydrogen (secondary N) is 1. The highest BCUT2D eigenvalue weighted by Gasteiger charge is 2.28. The van der Waals surface area contributed by atoms with Gasteiger partial charge in [-0.25, -0.2) is 0 Å². The topological polar surface area (TPSA) is 24.5 Å². The highest BCUT2D eigenvalue weighted by atomic mass is 16.5. The Kier molecular flexibility index (Phi) is 5.03. The lowest BCUT2D eigenvalue weighted by molar-refractivity contribution is 0.142. The van der Waals surface area contributed by atoms with E-state index in [2.05, 4.69) is 31.0 Å². The van der Waals surface area contributed by atoms with E-state index in [-0.39, 0.29) is 5.54 Å². The van der Waals surface area contributed by atoms with Crippen molar-refractivity contribution < 1.29 is 4.74 Å². The molecule has 0 aliphatic heterocycles. The van der Waals surface area contributed by atoms with E-state index in [1.54, 1.807) is 7.11 Å². The molecular formula is C12H26N2O. The first-order chi connectivity index (χ1) is 7.03. The van der Waals surface area contributed by atoms with E-state index in [9.17, 15) is 0 Å². The molecule has 15 heavy (non-hydrogen) atoms. The third kappa shape index (κ3) is 6.13. The summed E-state index contributed by atoms with van der Waals surface area (Å²) in [5.74, 6) is 0. The Balaban J connectivity index is 2.14. The fourth-order valence-electron chi connectivity index (χ4n) is 1.70. The first-order valence-electron chi connectivity index (χ1n) is 6.01. The summed E-state index contributed by atoms with van der Waals surface area (Å²) in [6, 6.07) is 0.835. The zero-order chi connectivity index (χ0) is 11.3. The summed E-state index contributed by atoms with van der Waals surface area (Å²) < 4.78 is 5.14. The van der Waals surface area contributed by atoms with Gasteiger partial charge in [0.1, 0.15) is 0 Å². The maximum absolute atomic E-state index is 5.14. The summed E-state index contributed by atoms with van der Waals surface area (Å²) in [4.78, 5) is 2.54. The smallest absolute Gasteiger partial charge is 0.0589 e. The zero-order valence-corrected chi connectivity index (χ0v) is 10.7. The van der Waals surface area contributed by atoms with Crippen molar-refractivity contribution in [3.63, 3.8) is 0 Å². The van der Waals surface area contributed by atoms with E-state index in [1.165, 1.54) is 12.8 Å². The first-order valence-corrected chi connectivity index (χ1v) is 6.01. The zero-order valence-electron chi connectivity index (χ0n) is 10.7. The standard InChI is InChI=1S/C12H26N2O/c1-12(2,3)13-7-8-14(9-10-15-4)11-5-6-11/h11,13H,5-10H2,1-4H3. The summed E-state index contributed by atoms with van der Waals surface area (Å²) in [6.07, 6.45) is 2.75. The van der Waals surface area contributed by atoms with Crippen LogP contribution >= 0.6 is 0 Å². The number of methoxy groups -OCH3 is 1. The molecule has 3 nitrogen and oxygen atoms in total. The van der Waals surface area contributed by atoms with Crippen molar-refractivity contribution >= 4 is 0 Å². The molecule has 0 amide bonds. The Morgan fingerprint density at radius 3 is 2.40 bits per heavy atom. The fraction of sp³-hybridized carbons (Fsp3) is 1.00. The summed E-state index contributed by atoms with van der Waals surface area (Å²) >= 11 is 0. The molecule has 0 spiro atoms. The van der Waals surface area contributed by atoms with Crippen LogP contribution in [-0.2, 0) is 4.74 Å². The Bertz CT molecular complexity index is 173. The molecule has 0 unspecified atom stereocenters. The molecule has 1 rings (SSSR count). The van der Waals surface area contributed by atoms with Crippen molar-refractivity contribution in [3.8, 4) is 0 Å². The molecule has 90 valence electrons. The van der Waals surface area contributed by atoms with Crippen molar-refractivity contribution in [3.05, 3.63) is 0 Å².